The van der Waals surface area contributed by atoms with Gasteiger partial charge in [0.25, 0.3) is 0 Å². The molecule has 0 aliphatic carbocycles. The molecule has 0 saturated carbocycles. The zero-order valence-corrected chi connectivity index (χ0v) is 23.1. The second-order valence-electron chi connectivity index (χ2n) is 9.10. The topological polar surface area (TPSA) is 74.7 Å². The zero-order chi connectivity index (χ0) is 26.2. The quantitative estimate of drug-likeness (QED) is 0.402. The van der Waals surface area contributed by atoms with E-state index < -0.39 is 22.2 Å². The summed E-state index contributed by atoms with van der Waals surface area (Å²) >= 11 is 11.6. The first-order valence-electron chi connectivity index (χ1n) is 11.9. The first-order valence-corrected chi connectivity index (χ1v) is 14.1. The van der Waals surface area contributed by atoms with Crippen molar-refractivity contribution >= 4 is 45.9 Å². The molecule has 1 saturated heterocycles. The van der Waals surface area contributed by atoms with Crippen molar-refractivity contribution in [1.82, 2.24) is 4.90 Å². The Morgan fingerprint density at radius 2 is 1.69 bits per heavy atom. The summed E-state index contributed by atoms with van der Waals surface area (Å²) in [7, 11) is -1.06. The number of carbonyl (C=O) groups excluding carboxylic acids is 1. The average Bonchev–Trinajstić information content (AvgIpc) is 2.83. The molecule has 192 valence electrons. The molecule has 8 heteroatoms. The molecule has 2 aromatic rings. The van der Waals surface area contributed by atoms with Gasteiger partial charge in [0.15, 0.2) is 0 Å². The van der Waals surface area contributed by atoms with Crippen LogP contribution in [0.25, 0.3) is 0 Å². The van der Waals surface area contributed by atoms with Crippen LogP contribution in [0.5, 0.6) is 0 Å². The Morgan fingerprint density at radius 1 is 1.11 bits per heavy atom. The normalized spacial score (nSPS) is 22.5. The van der Waals surface area contributed by atoms with E-state index in [1.165, 1.54) is 0 Å². The lowest BCUT2D eigenvalue weighted by molar-refractivity contribution is -0.159. The fourth-order valence-corrected chi connectivity index (χ4v) is 6.13. The highest BCUT2D eigenvalue weighted by Gasteiger charge is 2.48. The van der Waals surface area contributed by atoms with Gasteiger partial charge in [0.05, 0.1) is 23.1 Å². The van der Waals surface area contributed by atoms with Crippen molar-refractivity contribution in [3.8, 4) is 0 Å². The van der Waals surface area contributed by atoms with Crippen molar-refractivity contribution in [2.75, 3.05) is 5.75 Å². The Hall–Kier alpha value is -1.89. The Bertz CT molecular complexity index is 1000. The third-order valence-electron chi connectivity index (χ3n) is 6.60. The Kier molecular flexibility index (Phi) is 11.3. The zero-order valence-electron chi connectivity index (χ0n) is 20.7. The maximum atomic E-state index is 13.6. The Morgan fingerprint density at radius 3 is 2.14 bits per heavy atom. The summed E-state index contributed by atoms with van der Waals surface area (Å²) in [6, 6.07) is 16.5. The first kappa shape index (κ1) is 29.3. The van der Waals surface area contributed by atoms with Gasteiger partial charge in [-0.2, -0.15) is 0 Å². The molecule has 0 bridgehead atoms. The molecule has 2 aromatic carbocycles. The minimum atomic E-state index is -1.06. The van der Waals surface area contributed by atoms with Crippen LogP contribution in [0.15, 0.2) is 54.6 Å². The molecule has 4 unspecified atom stereocenters. The van der Waals surface area contributed by atoms with Crippen LogP contribution in [0.2, 0.25) is 10.0 Å². The first-order chi connectivity index (χ1) is 16.5. The van der Waals surface area contributed by atoms with Crippen molar-refractivity contribution in [2.24, 2.45) is 5.41 Å². The summed E-state index contributed by atoms with van der Waals surface area (Å²) in [6.45, 7) is 7.53. The van der Waals surface area contributed by atoms with Crippen molar-refractivity contribution in [3.05, 3.63) is 70.2 Å². The van der Waals surface area contributed by atoms with Crippen molar-refractivity contribution in [1.29, 1.82) is 0 Å². The van der Waals surface area contributed by atoms with Crippen LogP contribution in [0.4, 0.5) is 0 Å². The molecular formula is C27H35Cl2NO4S. The predicted octanol–water partition coefficient (Wildman–Crippen LogP) is 6.76. The maximum Gasteiger partial charge on any atom is 0.304 e. The SMILES string of the molecule is CCC(C(C)S(=O)CC)N1C(=O)[C@@](C)(CC(=O)O)CCC1c1ccc(Cl)cc1.Clc1ccccc1. The molecule has 0 spiro atoms. The molecule has 1 aliphatic heterocycles. The lowest BCUT2D eigenvalue weighted by atomic mass is 9.74. The largest absolute Gasteiger partial charge is 0.481 e. The number of piperidine rings is 1. The van der Waals surface area contributed by atoms with E-state index >= 15 is 0 Å². The highest BCUT2D eigenvalue weighted by Crippen LogP contribution is 2.45. The molecule has 1 aliphatic rings. The number of halogens is 2. The third-order valence-corrected chi connectivity index (χ3v) is 8.82. The number of carboxylic acids is 1. The van der Waals surface area contributed by atoms with E-state index in [-0.39, 0.29) is 29.7 Å². The van der Waals surface area contributed by atoms with Gasteiger partial charge in [-0.15, -0.1) is 0 Å². The number of likely N-dealkylation sites (tertiary alicyclic amines) is 1. The van der Waals surface area contributed by atoms with E-state index in [4.69, 9.17) is 23.2 Å². The van der Waals surface area contributed by atoms with Crippen LogP contribution >= 0.6 is 23.2 Å². The third kappa shape index (κ3) is 7.80. The molecule has 35 heavy (non-hydrogen) atoms. The number of hydrogen-bond donors (Lipinski definition) is 1. The second kappa shape index (κ2) is 13.4. The lowest BCUT2D eigenvalue weighted by Gasteiger charge is -2.49. The number of amides is 1. The summed E-state index contributed by atoms with van der Waals surface area (Å²) < 4.78 is 12.5. The summed E-state index contributed by atoms with van der Waals surface area (Å²) in [5.41, 5.74) is 0.0262. The van der Waals surface area contributed by atoms with Gasteiger partial charge in [-0.05, 0) is 56.0 Å². The monoisotopic (exact) mass is 539 g/mol. The summed E-state index contributed by atoms with van der Waals surface area (Å²) in [5.74, 6) is -0.607. The lowest BCUT2D eigenvalue weighted by Crippen LogP contribution is -2.56. The second-order valence-corrected chi connectivity index (χ2v) is 12.1. The van der Waals surface area contributed by atoms with Crippen LogP contribution < -0.4 is 0 Å². The number of hydrogen-bond acceptors (Lipinski definition) is 3. The Balaban J connectivity index is 0.000000527. The van der Waals surface area contributed by atoms with E-state index in [1.807, 2.05) is 68.1 Å². The molecule has 5 atom stereocenters. The van der Waals surface area contributed by atoms with Gasteiger partial charge in [0.2, 0.25) is 5.91 Å². The highest BCUT2D eigenvalue weighted by molar-refractivity contribution is 7.85. The van der Waals surface area contributed by atoms with E-state index in [2.05, 4.69) is 0 Å². The van der Waals surface area contributed by atoms with E-state index in [9.17, 15) is 18.9 Å². The van der Waals surface area contributed by atoms with Gasteiger partial charge in [0, 0.05) is 32.6 Å². The van der Waals surface area contributed by atoms with Crippen LogP contribution in [-0.2, 0) is 20.4 Å². The number of nitrogens with zero attached hydrogens (tertiary/aromatic N) is 1. The smallest absolute Gasteiger partial charge is 0.304 e. The van der Waals surface area contributed by atoms with Crippen molar-refractivity contribution in [2.45, 2.75) is 70.7 Å². The minimum absolute atomic E-state index is 0.159. The summed E-state index contributed by atoms with van der Waals surface area (Å²) in [4.78, 5) is 26.8. The summed E-state index contributed by atoms with van der Waals surface area (Å²) in [6.07, 6.45) is 1.63. The molecule has 1 heterocycles. The van der Waals surface area contributed by atoms with Crippen LogP contribution in [0.3, 0.4) is 0 Å². The number of aliphatic carboxylic acids is 1. The molecular weight excluding hydrogens is 505 g/mol. The highest BCUT2D eigenvalue weighted by atomic mass is 35.5. The van der Waals surface area contributed by atoms with Gasteiger partial charge in [-0.25, -0.2) is 0 Å². The minimum Gasteiger partial charge on any atom is -0.481 e. The average molecular weight is 541 g/mol. The molecule has 1 N–H and O–H groups in total. The van der Waals surface area contributed by atoms with Crippen LogP contribution in [0.1, 0.15) is 65.0 Å². The molecule has 1 fully saturated rings. The van der Waals surface area contributed by atoms with Gasteiger partial charge < -0.3 is 10.0 Å². The molecule has 0 radical (unpaired) electrons. The van der Waals surface area contributed by atoms with Gasteiger partial charge >= 0.3 is 5.97 Å². The maximum absolute atomic E-state index is 13.6. The van der Waals surface area contributed by atoms with Crippen molar-refractivity contribution in [3.63, 3.8) is 0 Å². The fraction of sp³-hybridized carbons (Fsp3) is 0.481. The molecule has 1 amide bonds. The summed E-state index contributed by atoms with van der Waals surface area (Å²) in [5, 5.41) is 10.6. The van der Waals surface area contributed by atoms with Crippen LogP contribution in [-0.4, -0.2) is 43.1 Å². The van der Waals surface area contributed by atoms with Crippen molar-refractivity contribution < 1.29 is 18.9 Å². The standard InChI is InChI=1S/C21H30ClNO4S.C6H5Cl/c1-5-17(14(3)28(27)6-2)23-18(15-7-9-16(22)10-8-15)11-12-21(4,20(23)26)13-19(24)25;7-6-4-2-1-3-5-6/h7-10,14,17-18H,5-6,11-13H2,1-4H3,(H,24,25);1-5H/t14?,17?,18?,21-,28?;/m1./s1. The predicted molar refractivity (Wildman–Crippen MR) is 144 cm³/mol. The van der Waals surface area contributed by atoms with Gasteiger partial charge in [-0.3, -0.25) is 13.8 Å². The number of rotatable bonds is 8. The van der Waals surface area contributed by atoms with E-state index in [0.717, 1.165) is 10.6 Å². The van der Waals surface area contributed by atoms with E-state index in [0.29, 0.717) is 30.0 Å². The van der Waals surface area contributed by atoms with Gasteiger partial charge in [0.1, 0.15) is 0 Å². The molecule has 0 aromatic heterocycles. The van der Waals surface area contributed by atoms with Gasteiger partial charge in [-0.1, -0.05) is 74.3 Å². The number of benzene rings is 2. The molecule has 3 rings (SSSR count). The number of carboxylic acid groups (broad SMARTS) is 1. The van der Waals surface area contributed by atoms with E-state index in [1.54, 1.807) is 19.1 Å². The fourth-order valence-electron chi connectivity index (χ4n) is 4.65. The molecule has 5 nitrogen and oxygen atoms in total. The number of carbonyl (C=O) groups is 2. The Labute approximate surface area is 221 Å². The van der Waals surface area contributed by atoms with Crippen LogP contribution in [0, 0.1) is 5.41 Å².